The number of ether oxygens (including phenoxy) is 3. The monoisotopic (exact) mass is 517 g/mol. The molecule has 2 amide bonds. The van der Waals surface area contributed by atoms with Crippen LogP contribution in [-0.4, -0.2) is 86.7 Å². The molecular formula is C27H39N3O7. The van der Waals surface area contributed by atoms with Gasteiger partial charge < -0.3 is 29.3 Å². The number of methoxy groups -OCH3 is 1. The highest BCUT2D eigenvalue weighted by molar-refractivity contribution is 5.68. The molecule has 0 unspecified atom stereocenters. The minimum Gasteiger partial charge on any atom is -0.493 e. The van der Waals surface area contributed by atoms with E-state index in [1.807, 2.05) is 18.2 Å². The van der Waals surface area contributed by atoms with E-state index in [1.165, 1.54) is 10.5 Å². The highest BCUT2D eigenvalue weighted by Crippen LogP contribution is 2.43. The second-order valence-electron chi connectivity index (χ2n) is 11.0. The Bertz CT molecular complexity index is 1010. The predicted octanol–water partition coefficient (Wildman–Crippen LogP) is 3.40. The molecule has 0 spiro atoms. The first-order valence-corrected chi connectivity index (χ1v) is 12.8. The normalized spacial score (nSPS) is 26.6. The van der Waals surface area contributed by atoms with Crippen molar-refractivity contribution in [1.82, 2.24) is 15.1 Å². The molecule has 4 rings (SSSR count). The van der Waals surface area contributed by atoms with Crippen molar-refractivity contribution in [3.63, 3.8) is 0 Å². The summed E-state index contributed by atoms with van der Waals surface area (Å²) in [6, 6.07) is 6.41. The van der Waals surface area contributed by atoms with Gasteiger partial charge in [-0.3, -0.25) is 4.89 Å². The van der Waals surface area contributed by atoms with E-state index >= 15 is 0 Å². The molecule has 0 radical (unpaired) electrons. The largest absolute Gasteiger partial charge is 0.493 e. The molecule has 10 nitrogen and oxygen atoms in total. The van der Waals surface area contributed by atoms with Gasteiger partial charge in [-0.1, -0.05) is 18.2 Å². The van der Waals surface area contributed by atoms with E-state index in [0.717, 1.165) is 19.4 Å². The van der Waals surface area contributed by atoms with Crippen LogP contribution in [0.2, 0.25) is 0 Å². The number of nitrogens with one attached hydrogen (secondary N) is 1. The van der Waals surface area contributed by atoms with Gasteiger partial charge in [0.2, 0.25) is 0 Å². The molecule has 10 heteroatoms. The first-order chi connectivity index (χ1) is 17.6. The zero-order valence-corrected chi connectivity index (χ0v) is 22.6. The number of fused-ring (bicyclic) bond motifs is 2. The molecule has 204 valence electrons. The summed E-state index contributed by atoms with van der Waals surface area (Å²) < 4.78 is 17.3. The van der Waals surface area contributed by atoms with Crippen molar-refractivity contribution in [2.45, 2.75) is 57.5 Å². The molecule has 2 heterocycles. The number of likely N-dealkylation sites (N-methyl/N-ethyl adjacent to an activating group) is 2. The van der Waals surface area contributed by atoms with Crippen LogP contribution in [0, 0.1) is 11.8 Å². The SMILES string of the molecule is COc1ccc2cc1O[C@@H]1[C@H]3CCN(C)[C@H](C2)[C@@H]3C=C[C@@H]1OOC(=O)N(C)CCNC(=O)OC(C)(C)C. The number of carbonyl (C=O) groups excluding carboxylic acids is 2. The summed E-state index contributed by atoms with van der Waals surface area (Å²) in [7, 11) is 5.37. The van der Waals surface area contributed by atoms with Crippen molar-refractivity contribution in [1.29, 1.82) is 0 Å². The van der Waals surface area contributed by atoms with Gasteiger partial charge in [0.25, 0.3) is 0 Å². The molecule has 5 atom stereocenters. The molecule has 1 aromatic carbocycles. The smallest absolute Gasteiger partial charge is 0.441 e. The van der Waals surface area contributed by atoms with Gasteiger partial charge in [0.15, 0.2) is 17.6 Å². The summed E-state index contributed by atoms with van der Waals surface area (Å²) in [4.78, 5) is 39.0. The van der Waals surface area contributed by atoms with Crippen LogP contribution in [-0.2, 0) is 20.9 Å². The van der Waals surface area contributed by atoms with Crippen LogP contribution in [0.4, 0.5) is 9.59 Å². The Balaban J connectivity index is 1.40. The number of likely N-dealkylation sites (tertiary alicyclic amines) is 1. The Hall–Kier alpha value is -2.98. The van der Waals surface area contributed by atoms with Gasteiger partial charge in [0.1, 0.15) is 11.7 Å². The lowest BCUT2D eigenvalue weighted by atomic mass is 9.71. The van der Waals surface area contributed by atoms with Gasteiger partial charge in [-0.05, 0) is 70.8 Å². The lowest BCUT2D eigenvalue weighted by Gasteiger charge is -2.47. The van der Waals surface area contributed by atoms with Crippen LogP contribution in [0.5, 0.6) is 11.5 Å². The zero-order chi connectivity index (χ0) is 26.7. The number of rotatable bonds is 6. The summed E-state index contributed by atoms with van der Waals surface area (Å²) in [6.45, 7) is 6.75. The van der Waals surface area contributed by atoms with Crippen LogP contribution in [0.1, 0.15) is 32.8 Å². The molecular weight excluding hydrogens is 478 g/mol. The third kappa shape index (κ3) is 6.48. The molecule has 1 aromatic rings. The standard InChI is InChI=1S/C27H39N3O7/c1-27(2,3)35-25(31)28-12-14-30(5)26(32)37-36-22-10-8-18-19-11-13-29(4)20(18)15-17-7-9-21(33-6)23(16-17)34-24(19)22/h7-10,16,18-20,22,24H,11-15H2,1-6H3,(H,28,31)/t18-,19+,20-,22+,24-/m1/s1. The number of benzene rings is 1. The topological polar surface area (TPSA) is 98.8 Å². The van der Waals surface area contributed by atoms with Crippen LogP contribution in [0.3, 0.4) is 0 Å². The van der Waals surface area contributed by atoms with Crippen LogP contribution < -0.4 is 14.8 Å². The van der Waals surface area contributed by atoms with E-state index in [1.54, 1.807) is 34.9 Å². The zero-order valence-electron chi connectivity index (χ0n) is 22.6. The minimum atomic E-state index is -0.662. The van der Waals surface area contributed by atoms with E-state index in [9.17, 15) is 9.59 Å². The molecule has 6 bridgehead atoms. The highest BCUT2D eigenvalue weighted by Gasteiger charge is 2.47. The maximum Gasteiger partial charge on any atom is 0.441 e. The fourth-order valence-electron chi connectivity index (χ4n) is 5.29. The van der Waals surface area contributed by atoms with Crippen molar-refractivity contribution in [3.05, 3.63) is 35.9 Å². The van der Waals surface area contributed by atoms with E-state index in [0.29, 0.717) is 23.5 Å². The van der Waals surface area contributed by atoms with Crippen molar-refractivity contribution in [2.75, 3.05) is 40.8 Å². The predicted molar refractivity (Wildman–Crippen MR) is 136 cm³/mol. The average Bonchev–Trinajstić information content (AvgIpc) is 2.84. The van der Waals surface area contributed by atoms with Crippen molar-refractivity contribution in [2.24, 2.45) is 11.8 Å². The maximum absolute atomic E-state index is 12.6. The fourth-order valence-corrected chi connectivity index (χ4v) is 5.29. The van der Waals surface area contributed by atoms with Crippen molar-refractivity contribution >= 4 is 12.2 Å². The van der Waals surface area contributed by atoms with Crippen LogP contribution in [0.15, 0.2) is 30.4 Å². The molecule has 1 fully saturated rings. The average molecular weight is 518 g/mol. The summed E-state index contributed by atoms with van der Waals surface area (Å²) in [6.07, 6.45) is 3.85. The molecule has 3 aliphatic rings. The fraction of sp³-hybridized carbons (Fsp3) is 0.630. The maximum atomic E-state index is 12.6. The minimum absolute atomic E-state index is 0.199. The molecule has 0 aromatic heterocycles. The van der Waals surface area contributed by atoms with Gasteiger partial charge >= 0.3 is 12.2 Å². The van der Waals surface area contributed by atoms with Gasteiger partial charge in [-0.15, -0.1) is 0 Å². The van der Waals surface area contributed by atoms with Gasteiger partial charge in [0, 0.05) is 32.1 Å². The van der Waals surface area contributed by atoms with Crippen molar-refractivity contribution in [3.8, 4) is 11.5 Å². The van der Waals surface area contributed by atoms with Gasteiger partial charge in [-0.25, -0.2) is 9.59 Å². The Morgan fingerprint density at radius 2 is 2.03 bits per heavy atom. The summed E-state index contributed by atoms with van der Waals surface area (Å²) in [5.41, 5.74) is 0.603. The number of hydrogen-bond donors (Lipinski definition) is 1. The van der Waals surface area contributed by atoms with E-state index < -0.39 is 23.9 Å². The summed E-state index contributed by atoms with van der Waals surface area (Å²) in [5, 5.41) is 2.62. The first kappa shape index (κ1) is 27.1. The third-order valence-corrected chi connectivity index (χ3v) is 7.18. The second kappa shape index (κ2) is 11.2. The van der Waals surface area contributed by atoms with E-state index in [2.05, 4.69) is 29.4 Å². The lowest BCUT2D eigenvalue weighted by molar-refractivity contribution is -0.287. The number of nitrogens with zero attached hydrogens (tertiary/aromatic N) is 2. The Morgan fingerprint density at radius 1 is 1.24 bits per heavy atom. The highest BCUT2D eigenvalue weighted by atomic mass is 17.2. The molecule has 1 saturated heterocycles. The number of piperidine rings is 1. The van der Waals surface area contributed by atoms with Gasteiger partial charge in [-0.2, -0.15) is 4.89 Å². The molecule has 1 N–H and O–H groups in total. The summed E-state index contributed by atoms with van der Waals surface area (Å²) >= 11 is 0. The quantitative estimate of drug-likeness (QED) is 0.348. The number of amides is 2. The second-order valence-corrected chi connectivity index (χ2v) is 11.0. The molecule has 2 aliphatic heterocycles. The Morgan fingerprint density at radius 3 is 2.76 bits per heavy atom. The Labute approximate surface area is 218 Å². The number of hydrogen-bond acceptors (Lipinski definition) is 8. The van der Waals surface area contributed by atoms with Gasteiger partial charge in [0.05, 0.1) is 7.11 Å². The molecule has 0 saturated carbocycles. The molecule has 37 heavy (non-hydrogen) atoms. The third-order valence-electron chi connectivity index (χ3n) is 7.18. The van der Waals surface area contributed by atoms with E-state index in [4.69, 9.17) is 24.0 Å². The lowest BCUT2D eigenvalue weighted by Crippen LogP contribution is -2.55. The van der Waals surface area contributed by atoms with Crippen LogP contribution in [0.25, 0.3) is 0 Å². The number of alkyl carbamates (subject to hydrolysis) is 1. The van der Waals surface area contributed by atoms with Crippen molar-refractivity contribution < 1.29 is 33.6 Å². The Kier molecular flexibility index (Phi) is 8.18. The van der Waals surface area contributed by atoms with E-state index in [-0.39, 0.29) is 25.1 Å². The molecule has 1 aliphatic carbocycles. The van der Waals surface area contributed by atoms with Crippen LogP contribution >= 0.6 is 0 Å². The summed E-state index contributed by atoms with van der Waals surface area (Å²) in [5.74, 6) is 1.82. The first-order valence-electron chi connectivity index (χ1n) is 12.8. The number of carbonyl (C=O) groups is 2.